The minimum atomic E-state index is -0.234. The van der Waals surface area contributed by atoms with E-state index >= 15 is 0 Å². The normalized spacial score (nSPS) is 10.3. The fourth-order valence-corrected chi connectivity index (χ4v) is 2.93. The summed E-state index contributed by atoms with van der Waals surface area (Å²) in [4.78, 5) is 25.0. The van der Waals surface area contributed by atoms with Crippen molar-refractivity contribution in [1.82, 2.24) is 0 Å². The highest BCUT2D eigenvalue weighted by Gasteiger charge is 2.12. The van der Waals surface area contributed by atoms with E-state index < -0.39 is 0 Å². The molecule has 6 heteroatoms. The van der Waals surface area contributed by atoms with Crippen molar-refractivity contribution in [2.45, 2.75) is 13.5 Å². The van der Waals surface area contributed by atoms with Gasteiger partial charge < -0.3 is 20.1 Å². The minimum absolute atomic E-state index is 0.228. The summed E-state index contributed by atoms with van der Waals surface area (Å²) in [5.74, 6) is 0.291. The van der Waals surface area contributed by atoms with Crippen LogP contribution in [-0.2, 0) is 11.3 Å². The number of amides is 2. The topological polar surface area (TPSA) is 76.7 Å². The smallest absolute Gasteiger partial charge is 0.256 e. The summed E-state index contributed by atoms with van der Waals surface area (Å²) >= 11 is 0. The number of anilines is 2. The molecule has 3 aromatic rings. The molecule has 0 radical (unpaired) electrons. The fourth-order valence-electron chi connectivity index (χ4n) is 2.93. The van der Waals surface area contributed by atoms with E-state index in [1.807, 2.05) is 25.1 Å². The van der Waals surface area contributed by atoms with Crippen molar-refractivity contribution < 1.29 is 19.1 Å². The molecule has 154 valence electrons. The Morgan fingerprint density at radius 2 is 1.40 bits per heavy atom. The molecule has 3 rings (SSSR count). The van der Waals surface area contributed by atoms with Gasteiger partial charge in [0, 0.05) is 29.6 Å². The molecule has 0 saturated heterocycles. The maximum Gasteiger partial charge on any atom is 0.256 e. The van der Waals surface area contributed by atoms with E-state index in [9.17, 15) is 9.59 Å². The van der Waals surface area contributed by atoms with Crippen LogP contribution in [0.1, 0.15) is 33.2 Å². The van der Waals surface area contributed by atoms with Crippen molar-refractivity contribution >= 4 is 23.2 Å². The second-order valence-corrected chi connectivity index (χ2v) is 6.53. The van der Waals surface area contributed by atoms with Crippen LogP contribution in [0.5, 0.6) is 5.75 Å². The third-order valence-corrected chi connectivity index (χ3v) is 4.39. The maximum absolute atomic E-state index is 12.6. The Morgan fingerprint density at radius 3 is 2.03 bits per heavy atom. The first kappa shape index (κ1) is 21.1. The average Bonchev–Trinajstić information content (AvgIpc) is 2.76. The van der Waals surface area contributed by atoms with E-state index in [1.165, 1.54) is 0 Å². The zero-order valence-electron chi connectivity index (χ0n) is 17.0. The molecular weight excluding hydrogens is 380 g/mol. The Bertz CT molecular complexity index is 998. The van der Waals surface area contributed by atoms with E-state index in [4.69, 9.17) is 9.47 Å². The SMILES string of the molecule is CCOc1ccc(NC(=O)c2ccc(NC(=O)c3ccccc3COC)cc2)cc1. The molecule has 0 aliphatic rings. The van der Waals surface area contributed by atoms with Gasteiger partial charge in [0.05, 0.1) is 13.2 Å². The molecular formula is C24H24N2O4. The van der Waals surface area contributed by atoms with Crippen molar-refractivity contribution in [3.05, 3.63) is 89.5 Å². The van der Waals surface area contributed by atoms with Crippen molar-refractivity contribution in [3.8, 4) is 5.75 Å². The highest BCUT2D eigenvalue weighted by atomic mass is 16.5. The summed E-state index contributed by atoms with van der Waals surface area (Å²) in [6.07, 6.45) is 0. The summed E-state index contributed by atoms with van der Waals surface area (Å²) in [6, 6.07) is 21.2. The van der Waals surface area contributed by atoms with Gasteiger partial charge in [0.15, 0.2) is 0 Å². The molecule has 2 amide bonds. The Morgan fingerprint density at radius 1 is 0.800 bits per heavy atom. The molecule has 0 aliphatic carbocycles. The molecule has 2 N–H and O–H groups in total. The van der Waals surface area contributed by atoms with E-state index in [-0.39, 0.29) is 11.8 Å². The van der Waals surface area contributed by atoms with Crippen molar-refractivity contribution in [2.75, 3.05) is 24.4 Å². The van der Waals surface area contributed by atoms with Crippen LogP contribution in [0.25, 0.3) is 0 Å². The van der Waals surface area contributed by atoms with Gasteiger partial charge in [-0.2, -0.15) is 0 Å². The molecule has 3 aromatic carbocycles. The van der Waals surface area contributed by atoms with Crippen LogP contribution in [0.15, 0.2) is 72.8 Å². The largest absolute Gasteiger partial charge is 0.494 e. The van der Waals surface area contributed by atoms with Crippen LogP contribution >= 0.6 is 0 Å². The number of methoxy groups -OCH3 is 1. The molecule has 0 fully saturated rings. The van der Waals surface area contributed by atoms with Crippen LogP contribution in [0.4, 0.5) is 11.4 Å². The van der Waals surface area contributed by atoms with Crippen LogP contribution in [-0.4, -0.2) is 25.5 Å². The van der Waals surface area contributed by atoms with Crippen molar-refractivity contribution in [2.24, 2.45) is 0 Å². The van der Waals surface area contributed by atoms with Gasteiger partial charge >= 0.3 is 0 Å². The Balaban J connectivity index is 1.63. The Hall–Kier alpha value is -3.64. The van der Waals surface area contributed by atoms with Gasteiger partial charge in [0.1, 0.15) is 5.75 Å². The second kappa shape index (κ2) is 10.2. The van der Waals surface area contributed by atoms with E-state index in [1.54, 1.807) is 61.7 Å². The molecule has 0 aromatic heterocycles. The molecule has 0 atom stereocenters. The van der Waals surface area contributed by atoms with Gasteiger partial charge in [-0.15, -0.1) is 0 Å². The van der Waals surface area contributed by atoms with Gasteiger partial charge in [-0.3, -0.25) is 9.59 Å². The van der Waals surface area contributed by atoms with Gasteiger partial charge in [0.25, 0.3) is 11.8 Å². The van der Waals surface area contributed by atoms with Crippen molar-refractivity contribution in [1.29, 1.82) is 0 Å². The maximum atomic E-state index is 12.6. The van der Waals surface area contributed by atoms with E-state index in [0.29, 0.717) is 35.7 Å². The quantitative estimate of drug-likeness (QED) is 0.569. The highest BCUT2D eigenvalue weighted by molar-refractivity contribution is 6.06. The van der Waals surface area contributed by atoms with Crippen molar-refractivity contribution in [3.63, 3.8) is 0 Å². The molecule has 0 spiro atoms. The number of hydrogen-bond donors (Lipinski definition) is 2. The zero-order chi connectivity index (χ0) is 21.3. The first-order valence-electron chi connectivity index (χ1n) is 9.63. The summed E-state index contributed by atoms with van der Waals surface area (Å²) in [7, 11) is 1.59. The predicted octanol–water partition coefficient (Wildman–Crippen LogP) is 4.74. The third kappa shape index (κ3) is 5.46. The Labute approximate surface area is 175 Å². The summed E-state index contributed by atoms with van der Waals surface area (Å²) in [5.41, 5.74) is 3.13. The van der Waals surface area contributed by atoms with Gasteiger partial charge in [0.2, 0.25) is 0 Å². The second-order valence-electron chi connectivity index (χ2n) is 6.53. The lowest BCUT2D eigenvalue weighted by molar-refractivity contribution is 0.101. The monoisotopic (exact) mass is 404 g/mol. The van der Waals surface area contributed by atoms with Crippen LogP contribution < -0.4 is 15.4 Å². The fraction of sp³-hybridized carbons (Fsp3) is 0.167. The number of ether oxygens (including phenoxy) is 2. The lowest BCUT2D eigenvalue weighted by Crippen LogP contribution is -2.15. The van der Waals surface area contributed by atoms with Crippen LogP contribution in [0.3, 0.4) is 0 Å². The molecule has 30 heavy (non-hydrogen) atoms. The van der Waals surface area contributed by atoms with Crippen LogP contribution in [0, 0.1) is 0 Å². The number of hydrogen-bond acceptors (Lipinski definition) is 4. The molecule has 6 nitrogen and oxygen atoms in total. The number of carbonyl (C=O) groups excluding carboxylic acids is 2. The summed E-state index contributed by atoms with van der Waals surface area (Å²) in [5, 5.41) is 5.69. The number of rotatable bonds is 8. The van der Waals surface area contributed by atoms with Gasteiger partial charge in [-0.25, -0.2) is 0 Å². The summed E-state index contributed by atoms with van der Waals surface area (Å²) in [6.45, 7) is 2.86. The Kier molecular flexibility index (Phi) is 7.19. The molecule has 0 unspecified atom stereocenters. The number of carbonyl (C=O) groups is 2. The molecule has 0 heterocycles. The number of nitrogens with one attached hydrogen (secondary N) is 2. The summed E-state index contributed by atoms with van der Waals surface area (Å²) < 4.78 is 10.5. The number of benzene rings is 3. The van der Waals surface area contributed by atoms with Crippen LogP contribution in [0.2, 0.25) is 0 Å². The predicted molar refractivity (Wildman–Crippen MR) is 117 cm³/mol. The zero-order valence-corrected chi connectivity index (χ0v) is 17.0. The molecule has 0 bridgehead atoms. The lowest BCUT2D eigenvalue weighted by Gasteiger charge is -2.10. The average molecular weight is 404 g/mol. The third-order valence-electron chi connectivity index (χ3n) is 4.39. The van der Waals surface area contributed by atoms with E-state index in [0.717, 1.165) is 11.3 Å². The van der Waals surface area contributed by atoms with Gasteiger partial charge in [-0.05, 0) is 67.1 Å². The minimum Gasteiger partial charge on any atom is -0.494 e. The standard InChI is InChI=1S/C24H24N2O4/c1-3-30-21-14-12-20(13-15-21)25-23(27)17-8-10-19(11-9-17)26-24(28)22-7-5-4-6-18(22)16-29-2/h4-15H,3,16H2,1-2H3,(H,25,27)(H,26,28). The first-order chi connectivity index (χ1) is 14.6. The van der Waals surface area contributed by atoms with Gasteiger partial charge in [-0.1, -0.05) is 18.2 Å². The molecule has 0 aliphatic heterocycles. The van der Waals surface area contributed by atoms with E-state index in [2.05, 4.69) is 10.6 Å². The first-order valence-corrected chi connectivity index (χ1v) is 9.63. The highest BCUT2D eigenvalue weighted by Crippen LogP contribution is 2.18. The molecule has 0 saturated carbocycles. The lowest BCUT2D eigenvalue weighted by atomic mass is 10.1.